The van der Waals surface area contributed by atoms with Crippen LogP contribution < -0.4 is 5.32 Å². The van der Waals surface area contributed by atoms with Crippen LogP contribution >= 0.6 is 0 Å². The monoisotopic (exact) mass is 265 g/mol. The molecule has 5 heteroatoms. The first-order valence-electron chi connectivity index (χ1n) is 6.75. The number of aliphatic hydroxyl groups is 1. The largest absolute Gasteiger partial charge is 0.396 e. The van der Waals surface area contributed by atoms with Crippen molar-refractivity contribution in [3.8, 4) is 0 Å². The number of unbranched alkanes of at least 4 members (excludes halogenated alkanes) is 2. The number of anilines is 1. The molecule has 0 spiro atoms. The smallest absolute Gasteiger partial charge is 0.255 e. The Morgan fingerprint density at radius 2 is 2.16 bits per heavy atom. The van der Waals surface area contributed by atoms with E-state index in [1.54, 1.807) is 24.2 Å². The van der Waals surface area contributed by atoms with E-state index in [-0.39, 0.29) is 12.5 Å². The zero-order valence-corrected chi connectivity index (χ0v) is 11.7. The number of nitrogens with one attached hydrogen (secondary N) is 1. The summed E-state index contributed by atoms with van der Waals surface area (Å²) in [4.78, 5) is 18.0. The predicted octanol–water partition coefficient (Wildman–Crippen LogP) is 1.75. The molecule has 0 bridgehead atoms. The predicted molar refractivity (Wildman–Crippen MR) is 76.3 cm³/mol. The molecule has 0 unspecified atom stereocenters. The molecule has 1 aromatic heterocycles. The maximum absolute atomic E-state index is 12.1. The topological polar surface area (TPSA) is 65.5 Å². The van der Waals surface area contributed by atoms with Crippen LogP contribution in [0.5, 0.6) is 0 Å². The molecule has 2 N–H and O–H groups in total. The zero-order valence-electron chi connectivity index (χ0n) is 11.7. The number of hydrogen-bond donors (Lipinski definition) is 2. The molecule has 0 radical (unpaired) electrons. The fourth-order valence-corrected chi connectivity index (χ4v) is 1.77. The first-order chi connectivity index (χ1) is 9.19. The van der Waals surface area contributed by atoms with Crippen molar-refractivity contribution in [3.63, 3.8) is 0 Å². The minimum Gasteiger partial charge on any atom is -0.396 e. The molecule has 0 saturated carbocycles. The third kappa shape index (κ3) is 5.26. The molecule has 19 heavy (non-hydrogen) atoms. The van der Waals surface area contributed by atoms with Gasteiger partial charge in [-0.05, 0) is 38.3 Å². The standard InChI is InChI=1S/C14H23N3O2/c1-3-15-13-8-7-12(11-16-13)14(19)17(2)9-5-4-6-10-18/h7-8,11,18H,3-6,9-10H2,1-2H3,(H,15,16). The van der Waals surface area contributed by atoms with Gasteiger partial charge in [-0.2, -0.15) is 0 Å². The van der Waals surface area contributed by atoms with Gasteiger partial charge in [0.1, 0.15) is 5.82 Å². The highest BCUT2D eigenvalue weighted by atomic mass is 16.2. The van der Waals surface area contributed by atoms with Gasteiger partial charge in [0.05, 0.1) is 5.56 Å². The third-order valence-corrected chi connectivity index (χ3v) is 2.87. The van der Waals surface area contributed by atoms with Gasteiger partial charge in [-0.15, -0.1) is 0 Å². The van der Waals surface area contributed by atoms with E-state index in [4.69, 9.17) is 5.11 Å². The zero-order chi connectivity index (χ0) is 14.1. The van der Waals surface area contributed by atoms with Crippen LogP contribution in [0.1, 0.15) is 36.5 Å². The average molecular weight is 265 g/mol. The van der Waals surface area contributed by atoms with Crippen LogP contribution in [0.4, 0.5) is 5.82 Å². The van der Waals surface area contributed by atoms with Crippen LogP contribution in [0.2, 0.25) is 0 Å². The fraction of sp³-hybridized carbons (Fsp3) is 0.571. The van der Waals surface area contributed by atoms with Gasteiger partial charge < -0.3 is 15.3 Å². The summed E-state index contributed by atoms with van der Waals surface area (Å²) in [5, 5.41) is 11.8. The number of amides is 1. The number of carbonyl (C=O) groups excluding carboxylic acids is 1. The second-order valence-electron chi connectivity index (χ2n) is 4.47. The van der Waals surface area contributed by atoms with Crippen molar-refractivity contribution < 1.29 is 9.90 Å². The van der Waals surface area contributed by atoms with E-state index in [1.807, 2.05) is 13.0 Å². The van der Waals surface area contributed by atoms with Crippen molar-refractivity contribution in [2.24, 2.45) is 0 Å². The molecule has 5 nitrogen and oxygen atoms in total. The normalized spacial score (nSPS) is 10.3. The Morgan fingerprint density at radius 1 is 1.37 bits per heavy atom. The highest BCUT2D eigenvalue weighted by molar-refractivity contribution is 5.93. The van der Waals surface area contributed by atoms with E-state index >= 15 is 0 Å². The van der Waals surface area contributed by atoms with E-state index in [0.29, 0.717) is 12.1 Å². The summed E-state index contributed by atoms with van der Waals surface area (Å²) in [7, 11) is 1.79. The maximum atomic E-state index is 12.1. The van der Waals surface area contributed by atoms with Crippen LogP contribution in [0.25, 0.3) is 0 Å². The summed E-state index contributed by atoms with van der Waals surface area (Å²) in [5.41, 5.74) is 0.603. The van der Waals surface area contributed by atoms with Gasteiger partial charge in [0.25, 0.3) is 5.91 Å². The molecular formula is C14H23N3O2. The second kappa shape index (κ2) is 8.48. The van der Waals surface area contributed by atoms with Gasteiger partial charge in [0.15, 0.2) is 0 Å². The summed E-state index contributed by atoms with van der Waals surface area (Å²) in [6, 6.07) is 3.61. The molecule has 0 saturated heterocycles. The van der Waals surface area contributed by atoms with Crippen molar-refractivity contribution in [1.82, 2.24) is 9.88 Å². The molecule has 0 atom stereocenters. The minimum absolute atomic E-state index is 0.0143. The lowest BCUT2D eigenvalue weighted by atomic mass is 10.2. The second-order valence-corrected chi connectivity index (χ2v) is 4.47. The van der Waals surface area contributed by atoms with Crippen molar-refractivity contribution >= 4 is 11.7 Å². The van der Waals surface area contributed by atoms with Gasteiger partial charge in [-0.1, -0.05) is 0 Å². The summed E-state index contributed by atoms with van der Waals surface area (Å²) >= 11 is 0. The van der Waals surface area contributed by atoms with E-state index in [1.165, 1.54) is 0 Å². The molecule has 0 aliphatic heterocycles. The molecule has 1 rings (SSSR count). The SMILES string of the molecule is CCNc1ccc(C(=O)N(C)CCCCCO)cn1. The minimum atomic E-state index is -0.0143. The number of rotatable bonds is 8. The summed E-state index contributed by atoms with van der Waals surface area (Å²) in [5.74, 6) is 0.768. The van der Waals surface area contributed by atoms with Crippen LogP contribution in [0.15, 0.2) is 18.3 Å². The number of aromatic nitrogens is 1. The Balaban J connectivity index is 2.47. The Hall–Kier alpha value is -1.62. The van der Waals surface area contributed by atoms with Crippen molar-refractivity contribution in [2.75, 3.05) is 32.1 Å². The number of aliphatic hydroxyl groups excluding tert-OH is 1. The number of carbonyl (C=O) groups is 1. The Labute approximate surface area is 114 Å². The molecule has 1 amide bonds. The average Bonchev–Trinajstić information content (AvgIpc) is 2.44. The van der Waals surface area contributed by atoms with E-state index in [2.05, 4.69) is 10.3 Å². The lowest BCUT2D eigenvalue weighted by Gasteiger charge is -2.17. The van der Waals surface area contributed by atoms with E-state index in [9.17, 15) is 4.79 Å². The van der Waals surface area contributed by atoms with Gasteiger partial charge in [-0.3, -0.25) is 4.79 Å². The summed E-state index contributed by atoms with van der Waals surface area (Å²) < 4.78 is 0. The highest BCUT2D eigenvalue weighted by Gasteiger charge is 2.11. The van der Waals surface area contributed by atoms with E-state index < -0.39 is 0 Å². The summed E-state index contributed by atoms with van der Waals surface area (Å²) in [6.07, 6.45) is 4.24. The lowest BCUT2D eigenvalue weighted by molar-refractivity contribution is 0.0792. The van der Waals surface area contributed by atoms with Crippen molar-refractivity contribution in [2.45, 2.75) is 26.2 Å². The first kappa shape index (κ1) is 15.4. The number of pyridine rings is 1. The quantitative estimate of drug-likeness (QED) is 0.703. The number of nitrogens with zero attached hydrogens (tertiary/aromatic N) is 2. The molecule has 0 fully saturated rings. The molecule has 0 aromatic carbocycles. The highest BCUT2D eigenvalue weighted by Crippen LogP contribution is 2.08. The van der Waals surface area contributed by atoms with Crippen LogP contribution in [0.3, 0.4) is 0 Å². The number of hydrogen-bond acceptors (Lipinski definition) is 4. The third-order valence-electron chi connectivity index (χ3n) is 2.87. The molecular weight excluding hydrogens is 242 g/mol. The van der Waals surface area contributed by atoms with Gasteiger partial charge in [-0.25, -0.2) is 4.98 Å². The fourth-order valence-electron chi connectivity index (χ4n) is 1.77. The van der Waals surface area contributed by atoms with Crippen LogP contribution in [-0.2, 0) is 0 Å². The summed E-state index contributed by atoms with van der Waals surface area (Å²) in [6.45, 7) is 3.73. The van der Waals surface area contributed by atoms with Gasteiger partial charge >= 0.3 is 0 Å². The van der Waals surface area contributed by atoms with Crippen molar-refractivity contribution in [1.29, 1.82) is 0 Å². The Bertz CT molecular complexity index is 379. The Morgan fingerprint density at radius 3 is 2.74 bits per heavy atom. The maximum Gasteiger partial charge on any atom is 0.255 e. The van der Waals surface area contributed by atoms with Crippen molar-refractivity contribution in [3.05, 3.63) is 23.9 Å². The Kier molecular flexibility index (Phi) is 6.89. The first-order valence-corrected chi connectivity index (χ1v) is 6.75. The van der Waals surface area contributed by atoms with Gasteiger partial charge in [0.2, 0.25) is 0 Å². The molecule has 1 heterocycles. The van der Waals surface area contributed by atoms with Gasteiger partial charge in [0, 0.05) is 32.9 Å². The van der Waals surface area contributed by atoms with E-state index in [0.717, 1.165) is 31.6 Å². The molecule has 1 aromatic rings. The lowest BCUT2D eigenvalue weighted by Crippen LogP contribution is -2.27. The van der Waals surface area contributed by atoms with Crippen LogP contribution in [-0.4, -0.2) is 47.6 Å². The van der Waals surface area contributed by atoms with Crippen LogP contribution in [0, 0.1) is 0 Å². The molecule has 0 aliphatic carbocycles. The molecule has 0 aliphatic rings. The molecule has 106 valence electrons.